The third-order valence-corrected chi connectivity index (χ3v) is 4.47. The van der Waals surface area contributed by atoms with E-state index in [1.807, 2.05) is 0 Å². The first-order valence-electron chi connectivity index (χ1n) is 6.44. The second kappa shape index (κ2) is 7.49. The summed E-state index contributed by atoms with van der Waals surface area (Å²) in [5.74, 6) is 0. The second-order valence-electron chi connectivity index (χ2n) is 4.72. The summed E-state index contributed by atoms with van der Waals surface area (Å²) in [5, 5.41) is 10.8. The van der Waals surface area contributed by atoms with Crippen molar-refractivity contribution in [2.24, 2.45) is 0 Å². The van der Waals surface area contributed by atoms with Gasteiger partial charge in [-0.05, 0) is 36.2 Å². The van der Waals surface area contributed by atoms with Gasteiger partial charge in [0.1, 0.15) is 0 Å². The zero-order valence-corrected chi connectivity index (χ0v) is 15.1. The number of alkyl halides is 6. The van der Waals surface area contributed by atoms with E-state index in [9.17, 15) is 23.3 Å². The molecule has 1 N–H and O–H groups in total. The zero-order chi connectivity index (χ0) is 18.8. The lowest BCUT2D eigenvalue weighted by Crippen LogP contribution is -2.06. The maximum absolute atomic E-state index is 12.7. The maximum Gasteiger partial charge on any atom is 0.416 e. The van der Waals surface area contributed by atoms with Crippen LogP contribution < -0.4 is 4.72 Å². The van der Waals surface area contributed by atoms with E-state index >= 15 is 0 Å². The Labute approximate surface area is 159 Å². The van der Waals surface area contributed by atoms with E-state index in [0.29, 0.717) is 4.90 Å². The third-order valence-electron chi connectivity index (χ3n) is 2.95. The zero-order valence-electron chi connectivity index (χ0n) is 12.0. The van der Waals surface area contributed by atoms with E-state index in [4.69, 9.17) is 34.8 Å². The van der Waals surface area contributed by atoms with E-state index in [2.05, 4.69) is 4.72 Å². The molecule has 0 atom stereocenters. The number of nitrogens with zero attached hydrogens (tertiary/aromatic N) is 1. The molecule has 0 aromatic heterocycles. The van der Waals surface area contributed by atoms with Crippen LogP contribution in [-0.4, -0.2) is 4.92 Å². The van der Waals surface area contributed by atoms with Crippen molar-refractivity contribution in [3.8, 4) is 0 Å². The van der Waals surface area contributed by atoms with E-state index < -0.39 is 20.5 Å². The summed E-state index contributed by atoms with van der Waals surface area (Å²) in [4.78, 5) is 10.5. The minimum Gasteiger partial charge on any atom is -0.326 e. The smallest absolute Gasteiger partial charge is 0.326 e. The lowest BCUT2D eigenvalue weighted by atomic mass is 10.2. The average molecular weight is 432 g/mol. The molecule has 4 nitrogen and oxygen atoms in total. The number of nitro groups is 1. The summed E-state index contributed by atoms with van der Waals surface area (Å²) >= 11 is 18.4. The highest BCUT2D eigenvalue weighted by Crippen LogP contribution is 2.44. The quantitative estimate of drug-likeness (QED) is 0.258. The SMILES string of the molecule is O=[N+]([O-])c1ccc(SNc2cccc(C(F)(F)F)c2)c(C(Cl)(Cl)Cl)c1. The molecule has 0 heterocycles. The van der Waals surface area contributed by atoms with Gasteiger partial charge in [-0.15, -0.1) is 0 Å². The Morgan fingerprint density at radius 1 is 1.08 bits per heavy atom. The van der Waals surface area contributed by atoms with E-state index in [-0.39, 0.29) is 16.9 Å². The molecule has 0 aliphatic rings. The van der Waals surface area contributed by atoms with Gasteiger partial charge in [-0.1, -0.05) is 40.9 Å². The van der Waals surface area contributed by atoms with Crippen LogP contribution in [0.1, 0.15) is 11.1 Å². The molecule has 0 spiro atoms. The number of anilines is 1. The fourth-order valence-electron chi connectivity index (χ4n) is 1.81. The number of nitro benzene ring substituents is 1. The van der Waals surface area contributed by atoms with Crippen molar-refractivity contribution < 1.29 is 18.1 Å². The minimum absolute atomic E-state index is 0.0381. The summed E-state index contributed by atoms with van der Waals surface area (Å²) in [6, 6.07) is 8.20. The molecule has 0 unspecified atom stereocenters. The molecular formula is C14H8Cl3F3N2O2S. The van der Waals surface area contributed by atoms with Crippen molar-refractivity contribution in [2.75, 3.05) is 4.72 Å². The topological polar surface area (TPSA) is 55.2 Å². The molecule has 0 saturated heterocycles. The predicted octanol–water partition coefficient (Wildman–Crippen LogP) is 6.56. The van der Waals surface area contributed by atoms with Gasteiger partial charge in [-0.3, -0.25) is 10.1 Å². The van der Waals surface area contributed by atoms with Crippen molar-refractivity contribution in [1.29, 1.82) is 0 Å². The Hall–Kier alpha value is -1.35. The molecule has 0 radical (unpaired) electrons. The largest absolute Gasteiger partial charge is 0.416 e. The van der Waals surface area contributed by atoms with Gasteiger partial charge >= 0.3 is 6.18 Å². The molecule has 0 fully saturated rings. The Bertz CT molecular complexity index is 798. The van der Waals surface area contributed by atoms with Gasteiger partial charge in [0.25, 0.3) is 5.69 Å². The average Bonchev–Trinajstić information content (AvgIpc) is 2.51. The highest BCUT2D eigenvalue weighted by atomic mass is 35.6. The lowest BCUT2D eigenvalue weighted by Gasteiger charge is -2.16. The molecule has 0 amide bonds. The summed E-state index contributed by atoms with van der Waals surface area (Å²) in [5.41, 5.74) is -0.877. The third kappa shape index (κ3) is 5.31. The Balaban J connectivity index is 2.28. The summed E-state index contributed by atoms with van der Waals surface area (Å²) in [6.07, 6.45) is -4.47. The van der Waals surface area contributed by atoms with Crippen molar-refractivity contribution in [3.05, 3.63) is 63.7 Å². The fraction of sp³-hybridized carbons (Fsp3) is 0.143. The molecule has 0 aliphatic heterocycles. The Kier molecular flexibility index (Phi) is 5.98. The van der Waals surface area contributed by atoms with Gasteiger partial charge in [-0.25, -0.2) is 0 Å². The number of halogens is 6. The van der Waals surface area contributed by atoms with Crippen LogP contribution in [0.3, 0.4) is 0 Å². The van der Waals surface area contributed by atoms with E-state index in [0.717, 1.165) is 30.1 Å². The number of hydrogen-bond donors (Lipinski definition) is 1. The van der Waals surface area contributed by atoms with Crippen LogP contribution in [0.25, 0.3) is 0 Å². The molecule has 2 aromatic carbocycles. The number of rotatable bonds is 4. The Morgan fingerprint density at radius 3 is 2.32 bits per heavy atom. The minimum atomic E-state index is -4.47. The second-order valence-corrected chi connectivity index (χ2v) is 7.85. The van der Waals surface area contributed by atoms with Gasteiger partial charge in [0.15, 0.2) is 0 Å². The molecule has 2 rings (SSSR count). The van der Waals surface area contributed by atoms with Gasteiger partial charge in [0.2, 0.25) is 3.79 Å². The molecular weight excluding hydrogens is 424 g/mol. The normalized spacial score (nSPS) is 12.1. The van der Waals surface area contributed by atoms with Crippen LogP contribution in [0.5, 0.6) is 0 Å². The monoisotopic (exact) mass is 430 g/mol. The predicted molar refractivity (Wildman–Crippen MR) is 93.3 cm³/mol. The molecule has 0 bridgehead atoms. The van der Waals surface area contributed by atoms with Crippen LogP contribution >= 0.6 is 46.8 Å². The molecule has 0 saturated carbocycles. The number of benzene rings is 2. The van der Waals surface area contributed by atoms with Crippen LogP contribution in [0.4, 0.5) is 24.5 Å². The van der Waals surface area contributed by atoms with Crippen molar-refractivity contribution >= 4 is 58.1 Å². The van der Waals surface area contributed by atoms with Crippen LogP contribution in [0, 0.1) is 10.1 Å². The number of hydrogen-bond acceptors (Lipinski definition) is 4. The van der Waals surface area contributed by atoms with Crippen molar-refractivity contribution in [2.45, 2.75) is 14.9 Å². The summed E-state index contributed by atoms with van der Waals surface area (Å²) < 4.78 is 38.9. The number of nitrogens with one attached hydrogen (secondary N) is 1. The highest BCUT2D eigenvalue weighted by Gasteiger charge is 2.31. The van der Waals surface area contributed by atoms with Crippen molar-refractivity contribution in [1.82, 2.24) is 0 Å². The van der Waals surface area contributed by atoms with Gasteiger partial charge in [0.05, 0.1) is 10.5 Å². The van der Waals surface area contributed by atoms with Gasteiger partial charge < -0.3 is 4.72 Å². The first-order valence-corrected chi connectivity index (χ1v) is 8.39. The summed E-state index contributed by atoms with van der Waals surface area (Å²) in [6.45, 7) is 0. The first kappa shape index (κ1) is 20.0. The molecule has 11 heteroatoms. The summed E-state index contributed by atoms with van der Waals surface area (Å²) in [7, 11) is 0. The van der Waals surface area contributed by atoms with E-state index in [1.165, 1.54) is 24.3 Å². The van der Waals surface area contributed by atoms with E-state index in [1.54, 1.807) is 0 Å². The number of non-ortho nitro benzene ring substituents is 1. The van der Waals surface area contributed by atoms with Crippen LogP contribution in [0.2, 0.25) is 0 Å². The molecule has 0 aliphatic carbocycles. The lowest BCUT2D eigenvalue weighted by molar-refractivity contribution is -0.385. The van der Waals surface area contributed by atoms with Crippen molar-refractivity contribution in [3.63, 3.8) is 0 Å². The fourth-order valence-corrected chi connectivity index (χ4v) is 3.26. The van der Waals surface area contributed by atoms with Crippen LogP contribution in [-0.2, 0) is 9.97 Å². The van der Waals surface area contributed by atoms with Gasteiger partial charge in [-0.2, -0.15) is 13.2 Å². The molecule has 2 aromatic rings. The van der Waals surface area contributed by atoms with Crippen LogP contribution in [0.15, 0.2) is 47.4 Å². The Morgan fingerprint density at radius 2 is 1.76 bits per heavy atom. The van der Waals surface area contributed by atoms with Gasteiger partial charge in [0, 0.05) is 28.3 Å². The first-order chi connectivity index (χ1) is 11.5. The standard InChI is InChI=1S/C14H8Cl3F3N2O2S/c15-13(16,17)11-7-10(22(23)24)4-5-12(11)25-21-9-3-1-2-8(6-9)14(18,19)20/h1-7,21H. The molecule has 134 valence electrons. The maximum atomic E-state index is 12.7. The molecule has 25 heavy (non-hydrogen) atoms. The highest BCUT2D eigenvalue weighted by molar-refractivity contribution is 8.00.